The highest BCUT2D eigenvalue weighted by atomic mass is 35.5. The van der Waals surface area contributed by atoms with Crippen molar-refractivity contribution in [2.75, 3.05) is 19.6 Å². The molecule has 0 saturated carbocycles. The van der Waals surface area contributed by atoms with Gasteiger partial charge in [-0.05, 0) is 41.8 Å². The Morgan fingerprint density at radius 2 is 1.87 bits per heavy atom. The molecule has 1 saturated heterocycles. The Balaban J connectivity index is 0.00000192. The molecule has 0 bridgehead atoms. The van der Waals surface area contributed by atoms with Gasteiger partial charge < -0.3 is 5.73 Å². The van der Waals surface area contributed by atoms with Crippen molar-refractivity contribution < 1.29 is 4.39 Å². The molecule has 0 amide bonds. The Kier molecular flexibility index (Phi) is 6.42. The molecule has 0 unspecified atom stereocenters. The summed E-state index contributed by atoms with van der Waals surface area (Å²) in [6, 6.07) is 15.2. The number of nitrogens with two attached hydrogens (primary N) is 1. The van der Waals surface area contributed by atoms with E-state index < -0.39 is 0 Å². The maximum atomic E-state index is 13.5. The van der Waals surface area contributed by atoms with Crippen molar-refractivity contribution in [3.8, 4) is 0 Å². The van der Waals surface area contributed by atoms with E-state index >= 15 is 0 Å². The molecule has 2 atom stereocenters. The van der Waals surface area contributed by atoms with Crippen LogP contribution in [0.25, 0.3) is 0 Å². The first-order chi connectivity index (χ1) is 10.7. The molecule has 1 fully saturated rings. The fourth-order valence-corrected chi connectivity index (χ4v) is 3.61. The number of nitrogens with zero attached hydrogens (tertiary/aromatic N) is 1. The van der Waals surface area contributed by atoms with E-state index in [4.69, 9.17) is 17.3 Å². The first-order valence-corrected chi connectivity index (χ1v) is 7.96. The van der Waals surface area contributed by atoms with Gasteiger partial charge in [-0.25, -0.2) is 4.39 Å². The van der Waals surface area contributed by atoms with Gasteiger partial charge in [-0.2, -0.15) is 0 Å². The summed E-state index contributed by atoms with van der Waals surface area (Å²) in [6.07, 6.45) is 0. The van der Waals surface area contributed by atoms with Crippen molar-refractivity contribution in [3.05, 3.63) is 70.5 Å². The van der Waals surface area contributed by atoms with E-state index in [2.05, 4.69) is 29.2 Å². The molecule has 0 spiro atoms. The van der Waals surface area contributed by atoms with Crippen molar-refractivity contribution in [1.82, 2.24) is 4.90 Å². The third-order valence-electron chi connectivity index (χ3n) is 4.38. The second-order valence-corrected chi connectivity index (χ2v) is 6.42. The zero-order valence-corrected chi connectivity index (χ0v) is 14.4. The van der Waals surface area contributed by atoms with Crippen molar-refractivity contribution >= 4 is 24.0 Å². The van der Waals surface area contributed by atoms with Gasteiger partial charge in [-0.3, -0.25) is 4.90 Å². The lowest BCUT2D eigenvalue weighted by Gasteiger charge is -2.17. The summed E-state index contributed by atoms with van der Waals surface area (Å²) in [4.78, 5) is 2.33. The van der Waals surface area contributed by atoms with Crippen molar-refractivity contribution in [2.24, 2.45) is 11.7 Å². The number of likely N-dealkylation sites (tertiary alicyclic amines) is 1. The summed E-state index contributed by atoms with van der Waals surface area (Å²) in [5.74, 6) is 0.596. The highest BCUT2D eigenvalue weighted by Crippen LogP contribution is 2.33. The lowest BCUT2D eigenvalue weighted by Crippen LogP contribution is -2.23. The second kappa shape index (κ2) is 8.11. The molecule has 1 aliphatic heterocycles. The van der Waals surface area contributed by atoms with Crippen LogP contribution in [0.2, 0.25) is 5.02 Å². The van der Waals surface area contributed by atoms with Crippen LogP contribution in [0.4, 0.5) is 4.39 Å². The molecule has 0 aliphatic carbocycles. The van der Waals surface area contributed by atoms with Crippen molar-refractivity contribution in [3.63, 3.8) is 0 Å². The normalized spacial score (nSPS) is 21.2. The highest BCUT2D eigenvalue weighted by Gasteiger charge is 2.32. The molecule has 0 aromatic heterocycles. The first kappa shape index (κ1) is 18.2. The number of hydrogen-bond donors (Lipinski definition) is 1. The second-order valence-electron chi connectivity index (χ2n) is 5.98. The third kappa shape index (κ3) is 4.45. The Morgan fingerprint density at radius 3 is 2.52 bits per heavy atom. The Labute approximate surface area is 147 Å². The maximum absolute atomic E-state index is 13.5. The number of rotatable bonds is 4. The zero-order valence-electron chi connectivity index (χ0n) is 12.8. The quantitative estimate of drug-likeness (QED) is 0.896. The molecule has 23 heavy (non-hydrogen) atoms. The summed E-state index contributed by atoms with van der Waals surface area (Å²) in [6.45, 7) is 3.25. The van der Waals surface area contributed by atoms with Crippen LogP contribution < -0.4 is 5.73 Å². The third-order valence-corrected chi connectivity index (χ3v) is 4.59. The summed E-state index contributed by atoms with van der Waals surface area (Å²) in [5, 5.41) is 0.448. The van der Waals surface area contributed by atoms with Crippen LogP contribution >= 0.6 is 24.0 Å². The van der Waals surface area contributed by atoms with Gasteiger partial charge in [0.15, 0.2) is 0 Å². The van der Waals surface area contributed by atoms with Crippen LogP contribution in [0.3, 0.4) is 0 Å². The molecule has 5 heteroatoms. The number of benzene rings is 2. The van der Waals surface area contributed by atoms with Gasteiger partial charge in [0.1, 0.15) is 5.82 Å². The lowest BCUT2D eigenvalue weighted by molar-refractivity contribution is 0.316. The monoisotopic (exact) mass is 354 g/mol. The van der Waals surface area contributed by atoms with E-state index in [0.717, 1.165) is 18.7 Å². The van der Waals surface area contributed by atoms with Gasteiger partial charge >= 0.3 is 0 Å². The molecule has 0 radical (unpaired) electrons. The average Bonchev–Trinajstić information content (AvgIpc) is 2.90. The molecule has 2 aromatic rings. The van der Waals surface area contributed by atoms with E-state index in [0.29, 0.717) is 29.9 Å². The average molecular weight is 355 g/mol. The minimum atomic E-state index is -0.281. The van der Waals surface area contributed by atoms with Crippen LogP contribution in [-0.2, 0) is 6.54 Å². The number of hydrogen-bond acceptors (Lipinski definition) is 2. The van der Waals surface area contributed by atoms with Crippen LogP contribution in [0.15, 0.2) is 48.5 Å². The molecule has 1 aliphatic rings. The van der Waals surface area contributed by atoms with Gasteiger partial charge in [-0.1, -0.05) is 41.9 Å². The van der Waals surface area contributed by atoms with Gasteiger partial charge in [-0.15, -0.1) is 12.4 Å². The van der Waals surface area contributed by atoms with Crippen LogP contribution in [0.5, 0.6) is 0 Å². The van der Waals surface area contributed by atoms with Crippen LogP contribution in [0.1, 0.15) is 17.0 Å². The standard InChI is InChI=1S/C18H20ClFN2.ClH/c19-16-6-13(7-17(20)8-16)10-22-11-15(9-21)18(12-22)14-4-2-1-3-5-14;/h1-8,15,18H,9-12,21H2;1H/t15-,18+;/m1./s1. The van der Waals surface area contributed by atoms with Crippen molar-refractivity contribution in [1.29, 1.82) is 0 Å². The molecule has 1 heterocycles. The maximum Gasteiger partial charge on any atom is 0.125 e. The molecular formula is C18H21Cl2FN2. The molecule has 124 valence electrons. The highest BCUT2D eigenvalue weighted by molar-refractivity contribution is 6.30. The molecule has 2 N–H and O–H groups in total. The fraction of sp³-hybridized carbons (Fsp3) is 0.333. The van der Waals surface area contributed by atoms with E-state index in [-0.39, 0.29) is 18.2 Å². The van der Waals surface area contributed by atoms with Gasteiger partial charge in [0.2, 0.25) is 0 Å². The summed E-state index contributed by atoms with van der Waals surface area (Å²) >= 11 is 5.94. The predicted octanol–water partition coefficient (Wildman–Crippen LogP) is 4.08. The minimum Gasteiger partial charge on any atom is -0.330 e. The number of halogens is 3. The van der Waals surface area contributed by atoms with Gasteiger partial charge in [0.25, 0.3) is 0 Å². The van der Waals surface area contributed by atoms with Crippen LogP contribution in [0, 0.1) is 11.7 Å². The Bertz CT molecular complexity index is 616. The molecule has 2 nitrogen and oxygen atoms in total. The zero-order chi connectivity index (χ0) is 15.5. The topological polar surface area (TPSA) is 29.3 Å². The summed E-state index contributed by atoms with van der Waals surface area (Å²) in [7, 11) is 0. The van der Waals surface area contributed by atoms with E-state index in [1.54, 1.807) is 6.07 Å². The summed E-state index contributed by atoms with van der Waals surface area (Å²) < 4.78 is 13.5. The van der Waals surface area contributed by atoms with Crippen molar-refractivity contribution in [2.45, 2.75) is 12.5 Å². The first-order valence-electron chi connectivity index (χ1n) is 7.58. The lowest BCUT2D eigenvalue weighted by atomic mass is 9.89. The van der Waals surface area contributed by atoms with Crippen LogP contribution in [-0.4, -0.2) is 24.5 Å². The van der Waals surface area contributed by atoms with E-state index in [9.17, 15) is 4.39 Å². The Hall–Kier alpha value is -1.13. The largest absolute Gasteiger partial charge is 0.330 e. The van der Waals surface area contributed by atoms with E-state index in [1.165, 1.54) is 11.6 Å². The van der Waals surface area contributed by atoms with Gasteiger partial charge in [0.05, 0.1) is 0 Å². The smallest absolute Gasteiger partial charge is 0.125 e. The summed E-state index contributed by atoms with van der Waals surface area (Å²) in [5.41, 5.74) is 8.20. The van der Waals surface area contributed by atoms with E-state index in [1.807, 2.05) is 12.1 Å². The fourth-order valence-electron chi connectivity index (χ4n) is 3.37. The molecule has 2 aromatic carbocycles. The molecular weight excluding hydrogens is 334 g/mol. The Morgan fingerprint density at radius 1 is 1.13 bits per heavy atom. The SMILES string of the molecule is Cl.NC[C@@H]1CN(Cc2cc(F)cc(Cl)c2)C[C@H]1c1ccccc1. The van der Waals surface area contributed by atoms with Gasteiger partial charge in [0, 0.05) is 30.6 Å². The predicted molar refractivity (Wildman–Crippen MR) is 95.7 cm³/mol. The molecule has 3 rings (SSSR count). The minimum absolute atomic E-state index is 0.